The van der Waals surface area contributed by atoms with E-state index in [4.69, 9.17) is 5.73 Å². The van der Waals surface area contributed by atoms with Gasteiger partial charge in [-0.1, -0.05) is 37.3 Å². The molecule has 24 heavy (non-hydrogen) atoms. The first kappa shape index (κ1) is 16.7. The van der Waals surface area contributed by atoms with Gasteiger partial charge in [0, 0.05) is 12.1 Å². The van der Waals surface area contributed by atoms with Gasteiger partial charge in [0.25, 0.3) is 5.91 Å². The Bertz CT molecular complexity index is 672. The van der Waals surface area contributed by atoms with Crippen LogP contribution in [0.15, 0.2) is 36.5 Å². The first-order chi connectivity index (χ1) is 11.7. The maximum absolute atomic E-state index is 12.6. The Labute approximate surface area is 143 Å². The van der Waals surface area contributed by atoms with Crippen molar-refractivity contribution in [2.75, 3.05) is 0 Å². The lowest BCUT2D eigenvalue weighted by molar-refractivity contribution is 0.0925. The van der Waals surface area contributed by atoms with Crippen molar-refractivity contribution in [3.63, 3.8) is 0 Å². The summed E-state index contributed by atoms with van der Waals surface area (Å²) in [5.74, 6) is -0.00775. The lowest BCUT2D eigenvalue weighted by atomic mass is 9.91. The molecule has 0 spiro atoms. The van der Waals surface area contributed by atoms with Crippen molar-refractivity contribution in [2.45, 2.75) is 57.7 Å². The molecule has 1 aliphatic carbocycles. The van der Waals surface area contributed by atoms with E-state index < -0.39 is 0 Å². The molecule has 5 heteroatoms. The number of aromatic nitrogens is 2. The second-order valence-electron chi connectivity index (χ2n) is 6.59. The summed E-state index contributed by atoms with van der Waals surface area (Å²) in [5.41, 5.74) is 8.81. The zero-order chi connectivity index (χ0) is 16.9. The van der Waals surface area contributed by atoms with Gasteiger partial charge in [-0.05, 0) is 37.7 Å². The van der Waals surface area contributed by atoms with E-state index in [1.165, 1.54) is 5.56 Å². The van der Waals surface area contributed by atoms with Gasteiger partial charge in [0.05, 0.1) is 24.0 Å². The zero-order valence-corrected chi connectivity index (χ0v) is 14.2. The van der Waals surface area contributed by atoms with Crippen LogP contribution in [0.4, 0.5) is 0 Å². The molecule has 1 saturated carbocycles. The van der Waals surface area contributed by atoms with Crippen LogP contribution in [0.2, 0.25) is 0 Å². The molecule has 2 aromatic rings. The second-order valence-corrected chi connectivity index (χ2v) is 6.59. The van der Waals surface area contributed by atoms with Gasteiger partial charge in [-0.3, -0.25) is 9.48 Å². The van der Waals surface area contributed by atoms with Crippen molar-refractivity contribution in [1.82, 2.24) is 15.1 Å². The maximum atomic E-state index is 12.6. The van der Waals surface area contributed by atoms with E-state index >= 15 is 0 Å². The number of nitrogens with one attached hydrogen (secondary N) is 1. The molecular weight excluding hydrogens is 300 g/mol. The molecule has 1 amide bonds. The van der Waals surface area contributed by atoms with E-state index in [1.807, 2.05) is 22.9 Å². The molecule has 0 radical (unpaired) electrons. The van der Waals surface area contributed by atoms with Crippen molar-refractivity contribution in [3.8, 4) is 0 Å². The molecule has 128 valence electrons. The lowest BCUT2D eigenvalue weighted by Crippen LogP contribution is -2.40. The van der Waals surface area contributed by atoms with Crippen LogP contribution in [0.1, 0.15) is 54.2 Å². The number of benzene rings is 1. The van der Waals surface area contributed by atoms with Crippen LogP contribution in [0, 0.1) is 0 Å². The SMILES string of the molecule is CCc1c(C(=O)NC2CCC(N)CC2)cnn1Cc1ccccc1. The van der Waals surface area contributed by atoms with Gasteiger partial charge < -0.3 is 11.1 Å². The van der Waals surface area contributed by atoms with Gasteiger partial charge in [0.1, 0.15) is 0 Å². The number of nitrogens with zero attached hydrogens (tertiary/aromatic N) is 2. The lowest BCUT2D eigenvalue weighted by Gasteiger charge is -2.26. The molecule has 3 rings (SSSR count). The second kappa shape index (κ2) is 7.62. The summed E-state index contributed by atoms with van der Waals surface area (Å²) in [6, 6.07) is 10.7. The number of hydrogen-bond acceptors (Lipinski definition) is 3. The van der Waals surface area contributed by atoms with Crippen LogP contribution in [-0.4, -0.2) is 27.8 Å². The highest BCUT2D eigenvalue weighted by Crippen LogP contribution is 2.18. The number of carbonyl (C=O) groups is 1. The Morgan fingerprint density at radius 1 is 1.25 bits per heavy atom. The molecule has 1 heterocycles. The third-order valence-electron chi connectivity index (χ3n) is 4.81. The van der Waals surface area contributed by atoms with Crippen LogP contribution in [-0.2, 0) is 13.0 Å². The Hall–Kier alpha value is -2.14. The zero-order valence-electron chi connectivity index (χ0n) is 14.2. The minimum Gasteiger partial charge on any atom is -0.349 e. The van der Waals surface area contributed by atoms with Crippen LogP contribution in [0.3, 0.4) is 0 Å². The molecule has 1 aromatic heterocycles. The minimum absolute atomic E-state index is 0.00775. The summed E-state index contributed by atoms with van der Waals surface area (Å²) in [5, 5.41) is 7.60. The predicted octanol–water partition coefficient (Wildman–Crippen LogP) is 2.49. The summed E-state index contributed by atoms with van der Waals surface area (Å²) in [6.45, 7) is 2.75. The van der Waals surface area contributed by atoms with Gasteiger partial charge in [0.2, 0.25) is 0 Å². The fraction of sp³-hybridized carbons (Fsp3) is 0.474. The number of nitrogens with two attached hydrogens (primary N) is 1. The third kappa shape index (κ3) is 3.85. The highest BCUT2D eigenvalue weighted by molar-refractivity contribution is 5.95. The number of rotatable bonds is 5. The fourth-order valence-corrected chi connectivity index (χ4v) is 3.39. The third-order valence-corrected chi connectivity index (χ3v) is 4.81. The fourth-order valence-electron chi connectivity index (χ4n) is 3.39. The largest absolute Gasteiger partial charge is 0.349 e. The Kier molecular flexibility index (Phi) is 5.30. The average Bonchev–Trinajstić information content (AvgIpc) is 3.00. The first-order valence-electron chi connectivity index (χ1n) is 8.82. The molecule has 1 aliphatic rings. The smallest absolute Gasteiger partial charge is 0.254 e. The standard InChI is InChI=1S/C19H26N4O/c1-2-18-17(19(24)22-16-10-8-15(20)9-11-16)12-21-23(18)13-14-6-4-3-5-7-14/h3-7,12,15-16H,2,8-11,13,20H2,1H3,(H,22,24). The Morgan fingerprint density at radius 2 is 1.96 bits per heavy atom. The average molecular weight is 326 g/mol. The number of carbonyl (C=O) groups excluding carboxylic acids is 1. The van der Waals surface area contributed by atoms with E-state index in [0.29, 0.717) is 12.1 Å². The molecule has 0 aliphatic heterocycles. The van der Waals surface area contributed by atoms with Gasteiger partial charge >= 0.3 is 0 Å². The van der Waals surface area contributed by atoms with Gasteiger partial charge in [0.15, 0.2) is 0 Å². The Morgan fingerprint density at radius 3 is 2.62 bits per heavy atom. The highest BCUT2D eigenvalue weighted by Gasteiger charge is 2.23. The molecule has 0 bridgehead atoms. The quantitative estimate of drug-likeness (QED) is 0.886. The molecule has 1 fully saturated rings. The van der Waals surface area contributed by atoms with Crippen LogP contribution >= 0.6 is 0 Å². The summed E-state index contributed by atoms with van der Waals surface area (Å²) < 4.78 is 1.93. The van der Waals surface area contributed by atoms with Crippen molar-refractivity contribution >= 4 is 5.91 Å². The Balaban J connectivity index is 1.70. The maximum Gasteiger partial charge on any atom is 0.254 e. The van der Waals surface area contributed by atoms with Gasteiger partial charge in [-0.25, -0.2) is 0 Å². The van der Waals surface area contributed by atoms with Crippen molar-refractivity contribution < 1.29 is 4.79 Å². The van der Waals surface area contributed by atoms with Crippen LogP contribution in [0.25, 0.3) is 0 Å². The summed E-state index contributed by atoms with van der Waals surface area (Å²) in [4.78, 5) is 12.6. The van der Waals surface area contributed by atoms with Gasteiger partial charge in [-0.2, -0.15) is 5.10 Å². The molecule has 0 unspecified atom stereocenters. The van der Waals surface area contributed by atoms with Crippen molar-refractivity contribution in [3.05, 3.63) is 53.3 Å². The van der Waals surface area contributed by atoms with Crippen molar-refractivity contribution in [1.29, 1.82) is 0 Å². The minimum atomic E-state index is -0.00775. The van der Waals surface area contributed by atoms with E-state index in [0.717, 1.165) is 37.8 Å². The highest BCUT2D eigenvalue weighted by atomic mass is 16.1. The van der Waals surface area contributed by atoms with E-state index in [2.05, 4.69) is 29.5 Å². The van der Waals surface area contributed by atoms with Crippen LogP contribution in [0.5, 0.6) is 0 Å². The van der Waals surface area contributed by atoms with E-state index in [-0.39, 0.29) is 18.0 Å². The van der Waals surface area contributed by atoms with Crippen molar-refractivity contribution in [2.24, 2.45) is 5.73 Å². The predicted molar refractivity (Wildman–Crippen MR) is 94.8 cm³/mol. The topological polar surface area (TPSA) is 72.9 Å². The number of amides is 1. The molecule has 0 atom stereocenters. The normalized spacial score (nSPS) is 20.8. The monoisotopic (exact) mass is 326 g/mol. The molecule has 1 aromatic carbocycles. The van der Waals surface area contributed by atoms with Crippen LogP contribution < -0.4 is 11.1 Å². The number of hydrogen-bond donors (Lipinski definition) is 2. The van der Waals surface area contributed by atoms with E-state index in [1.54, 1.807) is 6.20 Å². The first-order valence-corrected chi connectivity index (χ1v) is 8.82. The summed E-state index contributed by atoms with van der Waals surface area (Å²) >= 11 is 0. The molecular formula is C19H26N4O. The van der Waals surface area contributed by atoms with Gasteiger partial charge in [-0.15, -0.1) is 0 Å². The van der Waals surface area contributed by atoms with E-state index in [9.17, 15) is 4.79 Å². The molecule has 5 nitrogen and oxygen atoms in total. The molecule has 3 N–H and O–H groups in total. The summed E-state index contributed by atoms with van der Waals surface area (Å²) in [7, 11) is 0. The molecule has 0 saturated heterocycles. The summed E-state index contributed by atoms with van der Waals surface area (Å²) in [6.07, 6.45) is 6.38.